The van der Waals surface area contributed by atoms with Crippen LogP contribution in [0.25, 0.3) is 0 Å². The maximum atomic E-state index is 12.9. The number of carbonyl (C=O) groups excluding carboxylic acids is 2. The van der Waals surface area contributed by atoms with E-state index in [0.717, 1.165) is 24.2 Å². The third kappa shape index (κ3) is 4.63. The predicted octanol–water partition coefficient (Wildman–Crippen LogP) is 2.93. The van der Waals surface area contributed by atoms with Gasteiger partial charge in [-0.1, -0.05) is 24.3 Å². The van der Waals surface area contributed by atoms with Crippen LogP contribution in [0, 0.1) is 0 Å². The minimum Gasteiger partial charge on any atom is -0.484 e. The topological polar surface area (TPSA) is 61.9 Å². The number of anilines is 2. The molecule has 3 rings (SSSR count). The van der Waals surface area contributed by atoms with E-state index in [4.69, 9.17) is 4.74 Å². The SMILES string of the molecule is C[C@@H]1CCc2ccccc2N1C(=O)CNc1cccc(OCC(=O)N(C)C)c1. The zero-order valence-electron chi connectivity index (χ0n) is 16.6. The summed E-state index contributed by atoms with van der Waals surface area (Å²) in [5.74, 6) is 0.518. The Morgan fingerprint density at radius 1 is 1.18 bits per heavy atom. The summed E-state index contributed by atoms with van der Waals surface area (Å²) >= 11 is 0. The molecular weight excluding hydrogens is 354 g/mol. The molecule has 6 heteroatoms. The Kier molecular flexibility index (Phi) is 6.19. The number of benzene rings is 2. The van der Waals surface area contributed by atoms with Crippen molar-refractivity contribution in [3.63, 3.8) is 0 Å². The van der Waals surface area contributed by atoms with E-state index in [1.807, 2.05) is 35.2 Å². The lowest BCUT2D eigenvalue weighted by atomic mass is 9.96. The third-order valence-corrected chi connectivity index (χ3v) is 4.93. The number of hydrogen-bond donors (Lipinski definition) is 1. The Bertz CT molecular complexity index is 850. The van der Waals surface area contributed by atoms with Crippen LogP contribution in [-0.4, -0.2) is 50.0 Å². The first-order valence-corrected chi connectivity index (χ1v) is 9.52. The van der Waals surface area contributed by atoms with Crippen molar-refractivity contribution < 1.29 is 14.3 Å². The van der Waals surface area contributed by atoms with Crippen LogP contribution in [-0.2, 0) is 16.0 Å². The van der Waals surface area contributed by atoms with Gasteiger partial charge in [-0.15, -0.1) is 0 Å². The van der Waals surface area contributed by atoms with E-state index in [1.54, 1.807) is 26.2 Å². The molecule has 1 heterocycles. The summed E-state index contributed by atoms with van der Waals surface area (Å²) in [5.41, 5.74) is 3.00. The van der Waals surface area contributed by atoms with E-state index >= 15 is 0 Å². The molecular formula is C22H27N3O3. The van der Waals surface area contributed by atoms with Gasteiger partial charge in [0.25, 0.3) is 5.91 Å². The first kappa shape index (κ1) is 19.7. The zero-order valence-corrected chi connectivity index (χ0v) is 16.6. The molecule has 0 aromatic heterocycles. The van der Waals surface area contributed by atoms with Crippen molar-refractivity contribution >= 4 is 23.2 Å². The van der Waals surface area contributed by atoms with Crippen molar-refractivity contribution in [2.24, 2.45) is 0 Å². The van der Waals surface area contributed by atoms with Crippen LogP contribution in [0.3, 0.4) is 0 Å². The fourth-order valence-corrected chi connectivity index (χ4v) is 3.30. The molecule has 148 valence electrons. The number of rotatable bonds is 6. The molecule has 0 bridgehead atoms. The van der Waals surface area contributed by atoms with Gasteiger partial charge in [0.05, 0.1) is 6.54 Å². The average molecular weight is 381 g/mol. The fraction of sp³-hybridized carbons (Fsp3) is 0.364. The molecule has 0 unspecified atom stereocenters. The number of hydrogen-bond acceptors (Lipinski definition) is 4. The Labute approximate surface area is 166 Å². The van der Waals surface area contributed by atoms with E-state index in [-0.39, 0.29) is 31.0 Å². The molecule has 1 N–H and O–H groups in total. The van der Waals surface area contributed by atoms with Gasteiger partial charge in [0.15, 0.2) is 6.61 Å². The van der Waals surface area contributed by atoms with Crippen LogP contribution >= 0.6 is 0 Å². The summed E-state index contributed by atoms with van der Waals surface area (Å²) < 4.78 is 5.53. The summed E-state index contributed by atoms with van der Waals surface area (Å²) in [6.07, 6.45) is 1.96. The number of carbonyl (C=O) groups is 2. The monoisotopic (exact) mass is 381 g/mol. The van der Waals surface area contributed by atoms with Crippen LogP contribution in [0.2, 0.25) is 0 Å². The molecule has 2 amide bonds. The molecule has 2 aromatic carbocycles. The second-order valence-electron chi connectivity index (χ2n) is 7.24. The van der Waals surface area contributed by atoms with E-state index in [2.05, 4.69) is 18.3 Å². The number of nitrogens with zero attached hydrogens (tertiary/aromatic N) is 2. The van der Waals surface area contributed by atoms with Crippen molar-refractivity contribution in [3.05, 3.63) is 54.1 Å². The van der Waals surface area contributed by atoms with Crippen LogP contribution in [0.5, 0.6) is 5.75 Å². The average Bonchev–Trinajstić information content (AvgIpc) is 2.70. The number of likely N-dealkylation sites (N-methyl/N-ethyl adjacent to an activating group) is 1. The van der Waals surface area contributed by atoms with Gasteiger partial charge in [-0.05, 0) is 43.5 Å². The Hall–Kier alpha value is -3.02. The summed E-state index contributed by atoms with van der Waals surface area (Å²) in [6, 6.07) is 15.6. The van der Waals surface area contributed by atoms with Gasteiger partial charge < -0.3 is 19.9 Å². The van der Waals surface area contributed by atoms with Crippen molar-refractivity contribution in [2.45, 2.75) is 25.8 Å². The third-order valence-electron chi connectivity index (χ3n) is 4.93. The standard InChI is InChI=1S/C22H27N3O3/c1-16-11-12-17-7-4-5-10-20(17)25(16)21(26)14-23-18-8-6-9-19(13-18)28-15-22(27)24(2)3/h4-10,13,16,23H,11-12,14-15H2,1-3H3/t16-/m1/s1. The van der Waals surface area contributed by atoms with Crippen LogP contribution in [0.1, 0.15) is 18.9 Å². The van der Waals surface area contributed by atoms with E-state index in [0.29, 0.717) is 5.75 Å². The normalized spacial score (nSPS) is 15.5. The summed E-state index contributed by atoms with van der Waals surface area (Å²) in [7, 11) is 3.38. The van der Waals surface area contributed by atoms with E-state index in [9.17, 15) is 9.59 Å². The molecule has 1 atom stereocenters. The Morgan fingerprint density at radius 3 is 2.75 bits per heavy atom. The molecule has 0 saturated carbocycles. The number of nitrogens with one attached hydrogen (secondary N) is 1. The van der Waals surface area contributed by atoms with Crippen LogP contribution in [0.4, 0.5) is 11.4 Å². The number of fused-ring (bicyclic) bond motifs is 1. The first-order valence-electron chi connectivity index (χ1n) is 9.52. The molecule has 0 saturated heterocycles. The lowest BCUT2D eigenvalue weighted by Crippen LogP contribution is -2.44. The van der Waals surface area contributed by atoms with Crippen LogP contribution in [0.15, 0.2) is 48.5 Å². The van der Waals surface area contributed by atoms with Crippen molar-refractivity contribution in [2.75, 3.05) is 37.5 Å². The number of para-hydroxylation sites is 1. The zero-order chi connectivity index (χ0) is 20.1. The van der Waals surface area contributed by atoms with Gasteiger partial charge in [0.2, 0.25) is 5.91 Å². The molecule has 0 radical (unpaired) electrons. The maximum absolute atomic E-state index is 12.9. The van der Waals surface area contributed by atoms with Gasteiger partial charge in [-0.2, -0.15) is 0 Å². The highest BCUT2D eigenvalue weighted by Gasteiger charge is 2.27. The lowest BCUT2D eigenvalue weighted by molar-refractivity contribution is -0.130. The number of aryl methyl sites for hydroxylation is 1. The lowest BCUT2D eigenvalue weighted by Gasteiger charge is -2.35. The van der Waals surface area contributed by atoms with E-state index < -0.39 is 0 Å². The van der Waals surface area contributed by atoms with Gasteiger partial charge >= 0.3 is 0 Å². The maximum Gasteiger partial charge on any atom is 0.259 e. The van der Waals surface area contributed by atoms with Gasteiger partial charge in [-0.3, -0.25) is 9.59 Å². The molecule has 1 aliphatic rings. The Morgan fingerprint density at radius 2 is 1.96 bits per heavy atom. The Balaban J connectivity index is 1.62. The molecule has 6 nitrogen and oxygen atoms in total. The number of ether oxygens (including phenoxy) is 1. The summed E-state index contributed by atoms with van der Waals surface area (Å²) in [4.78, 5) is 27.9. The smallest absolute Gasteiger partial charge is 0.259 e. The van der Waals surface area contributed by atoms with Gasteiger partial charge in [-0.25, -0.2) is 0 Å². The highest BCUT2D eigenvalue weighted by molar-refractivity contribution is 5.97. The molecule has 28 heavy (non-hydrogen) atoms. The summed E-state index contributed by atoms with van der Waals surface area (Å²) in [5, 5.41) is 3.18. The minimum atomic E-state index is -0.105. The van der Waals surface area contributed by atoms with Crippen molar-refractivity contribution in [1.82, 2.24) is 4.90 Å². The highest BCUT2D eigenvalue weighted by Crippen LogP contribution is 2.30. The molecule has 0 aliphatic carbocycles. The second kappa shape index (κ2) is 8.78. The molecule has 0 fully saturated rings. The summed E-state index contributed by atoms with van der Waals surface area (Å²) in [6.45, 7) is 2.26. The fourth-order valence-electron chi connectivity index (χ4n) is 3.30. The minimum absolute atomic E-state index is 0.0164. The largest absolute Gasteiger partial charge is 0.484 e. The quantitative estimate of drug-likeness (QED) is 0.836. The second-order valence-corrected chi connectivity index (χ2v) is 7.24. The highest BCUT2D eigenvalue weighted by atomic mass is 16.5. The van der Waals surface area contributed by atoms with Gasteiger partial charge in [0.1, 0.15) is 5.75 Å². The molecule has 1 aliphatic heterocycles. The van der Waals surface area contributed by atoms with Crippen molar-refractivity contribution in [3.8, 4) is 5.75 Å². The van der Waals surface area contributed by atoms with Crippen molar-refractivity contribution in [1.29, 1.82) is 0 Å². The molecule has 2 aromatic rings. The van der Waals surface area contributed by atoms with E-state index in [1.165, 1.54) is 10.5 Å². The van der Waals surface area contributed by atoms with Crippen LogP contribution < -0.4 is 15.0 Å². The van der Waals surface area contributed by atoms with Gasteiger partial charge in [0, 0.05) is 37.6 Å². The number of amides is 2. The predicted molar refractivity (Wildman–Crippen MR) is 111 cm³/mol. The first-order chi connectivity index (χ1) is 13.5. The molecule has 0 spiro atoms.